The highest BCUT2D eigenvalue weighted by Crippen LogP contribution is 2.41. The fourth-order valence-electron chi connectivity index (χ4n) is 1.90. The van der Waals surface area contributed by atoms with Gasteiger partial charge in [0.1, 0.15) is 0 Å². The Labute approximate surface area is 117 Å². The highest BCUT2D eigenvalue weighted by atomic mass is 32.2. The van der Waals surface area contributed by atoms with Crippen LogP contribution in [0.2, 0.25) is 0 Å². The predicted molar refractivity (Wildman–Crippen MR) is 82.5 cm³/mol. The van der Waals surface area contributed by atoms with Crippen LogP contribution in [0.15, 0.2) is 40.6 Å². The van der Waals surface area contributed by atoms with Gasteiger partial charge in [0.2, 0.25) is 0 Å². The second-order valence-corrected chi connectivity index (χ2v) is 6.76. The SMILES string of the molecule is Cc1ccccc1SC(c1sccc1C)C(C)N. The van der Waals surface area contributed by atoms with Crippen LogP contribution in [0.1, 0.15) is 28.2 Å². The summed E-state index contributed by atoms with van der Waals surface area (Å²) in [6, 6.07) is 10.8. The molecule has 2 unspecified atom stereocenters. The molecule has 0 aliphatic rings. The van der Waals surface area contributed by atoms with E-state index >= 15 is 0 Å². The molecule has 2 aromatic rings. The van der Waals surface area contributed by atoms with Gasteiger partial charge in [-0.15, -0.1) is 23.1 Å². The topological polar surface area (TPSA) is 26.0 Å². The first-order valence-electron chi connectivity index (χ1n) is 6.11. The van der Waals surface area contributed by atoms with Crippen LogP contribution in [0.5, 0.6) is 0 Å². The molecule has 0 spiro atoms. The highest BCUT2D eigenvalue weighted by molar-refractivity contribution is 7.99. The predicted octanol–water partition coefficient (Wildman–Crippen LogP) is 4.55. The Hall–Kier alpha value is -0.770. The molecule has 0 bridgehead atoms. The fourth-order valence-corrected chi connectivity index (χ4v) is 4.43. The number of thioether (sulfide) groups is 1. The van der Waals surface area contributed by atoms with Crippen LogP contribution in [-0.2, 0) is 0 Å². The Kier molecular flexibility index (Phi) is 4.49. The maximum Gasteiger partial charge on any atom is 0.0589 e. The third-order valence-electron chi connectivity index (χ3n) is 2.99. The van der Waals surface area contributed by atoms with Crippen LogP contribution in [0.4, 0.5) is 0 Å². The van der Waals surface area contributed by atoms with Gasteiger partial charge in [0.25, 0.3) is 0 Å². The molecule has 0 fully saturated rings. The smallest absolute Gasteiger partial charge is 0.0589 e. The maximum absolute atomic E-state index is 6.18. The molecule has 0 saturated heterocycles. The zero-order valence-electron chi connectivity index (χ0n) is 11.0. The average molecular weight is 277 g/mol. The second-order valence-electron chi connectivity index (χ2n) is 4.63. The number of benzene rings is 1. The van der Waals surface area contributed by atoms with Crippen molar-refractivity contribution in [1.29, 1.82) is 0 Å². The van der Waals surface area contributed by atoms with Crippen LogP contribution in [0.3, 0.4) is 0 Å². The number of hydrogen-bond acceptors (Lipinski definition) is 3. The van der Waals surface area contributed by atoms with E-state index in [4.69, 9.17) is 5.73 Å². The van der Waals surface area contributed by atoms with Crippen LogP contribution in [-0.4, -0.2) is 6.04 Å². The Morgan fingerprint density at radius 1 is 1.11 bits per heavy atom. The molecule has 96 valence electrons. The number of nitrogens with two attached hydrogens (primary N) is 1. The summed E-state index contributed by atoms with van der Waals surface area (Å²) in [7, 11) is 0. The Morgan fingerprint density at radius 3 is 2.39 bits per heavy atom. The van der Waals surface area contributed by atoms with Gasteiger partial charge >= 0.3 is 0 Å². The highest BCUT2D eigenvalue weighted by Gasteiger charge is 2.21. The van der Waals surface area contributed by atoms with Gasteiger partial charge in [-0.25, -0.2) is 0 Å². The number of thiophene rings is 1. The summed E-state index contributed by atoms with van der Waals surface area (Å²) >= 11 is 3.69. The van der Waals surface area contributed by atoms with Crippen molar-refractivity contribution in [2.24, 2.45) is 5.73 Å². The standard InChI is InChI=1S/C15H19NS2/c1-10-6-4-5-7-13(10)18-15(12(3)16)14-11(2)8-9-17-14/h4-9,12,15H,16H2,1-3H3. The van der Waals surface area contributed by atoms with Crippen LogP contribution < -0.4 is 5.73 Å². The molecule has 2 atom stereocenters. The van der Waals surface area contributed by atoms with Crippen LogP contribution in [0, 0.1) is 13.8 Å². The summed E-state index contributed by atoms with van der Waals surface area (Å²) in [5.74, 6) is 0. The quantitative estimate of drug-likeness (QED) is 0.830. The van der Waals surface area contributed by atoms with E-state index < -0.39 is 0 Å². The van der Waals surface area contributed by atoms with E-state index in [0.717, 1.165) is 0 Å². The molecule has 0 radical (unpaired) electrons. The molecule has 2 rings (SSSR count). The van der Waals surface area contributed by atoms with Crippen molar-refractivity contribution in [3.8, 4) is 0 Å². The minimum atomic E-state index is 0.145. The minimum Gasteiger partial charge on any atom is -0.327 e. The first-order valence-corrected chi connectivity index (χ1v) is 7.87. The van der Waals surface area contributed by atoms with E-state index in [-0.39, 0.29) is 6.04 Å². The normalized spacial score (nSPS) is 14.4. The lowest BCUT2D eigenvalue weighted by molar-refractivity contribution is 0.727. The summed E-state index contributed by atoms with van der Waals surface area (Å²) in [6.07, 6.45) is 0. The lowest BCUT2D eigenvalue weighted by atomic mass is 10.1. The summed E-state index contributed by atoms with van der Waals surface area (Å²) in [4.78, 5) is 2.73. The first-order chi connectivity index (χ1) is 8.59. The summed E-state index contributed by atoms with van der Waals surface area (Å²) in [6.45, 7) is 6.41. The lowest BCUT2D eigenvalue weighted by Gasteiger charge is -2.21. The molecule has 1 aromatic heterocycles. The summed E-state index contributed by atoms with van der Waals surface area (Å²) in [5, 5.41) is 2.49. The van der Waals surface area contributed by atoms with Crippen molar-refractivity contribution < 1.29 is 0 Å². The van der Waals surface area contributed by atoms with Gasteiger partial charge in [-0.1, -0.05) is 18.2 Å². The van der Waals surface area contributed by atoms with Crippen molar-refractivity contribution in [2.45, 2.75) is 37.0 Å². The third-order valence-corrected chi connectivity index (χ3v) is 5.87. The van der Waals surface area contributed by atoms with Gasteiger partial charge in [0.15, 0.2) is 0 Å². The average Bonchev–Trinajstić information content (AvgIpc) is 2.74. The molecule has 2 N–H and O–H groups in total. The van der Waals surface area contributed by atoms with Gasteiger partial charge in [-0.05, 0) is 49.4 Å². The summed E-state index contributed by atoms with van der Waals surface area (Å²) in [5.41, 5.74) is 8.85. The van der Waals surface area contributed by atoms with Gasteiger partial charge in [0.05, 0.1) is 5.25 Å². The molecule has 18 heavy (non-hydrogen) atoms. The van der Waals surface area contributed by atoms with Gasteiger partial charge in [-0.3, -0.25) is 0 Å². The van der Waals surface area contributed by atoms with E-state index in [1.54, 1.807) is 0 Å². The van der Waals surface area contributed by atoms with Gasteiger partial charge in [-0.2, -0.15) is 0 Å². The summed E-state index contributed by atoms with van der Waals surface area (Å²) < 4.78 is 0. The van der Waals surface area contributed by atoms with Crippen molar-refractivity contribution in [3.05, 3.63) is 51.7 Å². The fraction of sp³-hybridized carbons (Fsp3) is 0.333. The van der Waals surface area contributed by atoms with E-state index in [1.807, 2.05) is 23.1 Å². The zero-order valence-corrected chi connectivity index (χ0v) is 12.6. The Morgan fingerprint density at radius 2 is 1.83 bits per heavy atom. The molecular weight excluding hydrogens is 258 g/mol. The van der Waals surface area contributed by atoms with Crippen molar-refractivity contribution in [1.82, 2.24) is 0 Å². The molecule has 1 aromatic carbocycles. The maximum atomic E-state index is 6.18. The first kappa shape index (κ1) is 13.7. The van der Waals surface area contributed by atoms with E-state index in [9.17, 15) is 0 Å². The Bertz CT molecular complexity index is 517. The van der Waals surface area contributed by atoms with Crippen molar-refractivity contribution in [2.75, 3.05) is 0 Å². The third kappa shape index (κ3) is 2.97. The molecular formula is C15H19NS2. The minimum absolute atomic E-state index is 0.145. The number of aryl methyl sites for hydroxylation is 2. The van der Waals surface area contributed by atoms with Crippen molar-refractivity contribution >= 4 is 23.1 Å². The van der Waals surface area contributed by atoms with E-state index in [0.29, 0.717) is 5.25 Å². The van der Waals surface area contributed by atoms with Crippen LogP contribution in [0.25, 0.3) is 0 Å². The number of hydrogen-bond donors (Lipinski definition) is 1. The molecule has 1 nitrogen and oxygen atoms in total. The zero-order chi connectivity index (χ0) is 13.1. The largest absolute Gasteiger partial charge is 0.327 e. The monoisotopic (exact) mass is 277 g/mol. The molecule has 0 aliphatic carbocycles. The van der Waals surface area contributed by atoms with Crippen molar-refractivity contribution in [3.63, 3.8) is 0 Å². The Balaban J connectivity index is 2.28. The molecule has 0 amide bonds. The molecule has 1 heterocycles. The number of rotatable bonds is 4. The molecule has 0 aliphatic heterocycles. The molecule has 0 saturated carbocycles. The molecule has 3 heteroatoms. The van der Waals surface area contributed by atoms with Gasteiger partial charge < -0.3 is 5.73 Å². The second kappa shape index (κ2) is 5.91. The lowest BCUT2D eigenvalue weighted by Crippen LogP contribution is -2.22. The van der Waals surface area contributed by atoms with Gasteiger partial charge in [0, 0.05) is 15.8 Å². The van der Waals surface area contributed by atoms with E-state index in [1.165, 1.54) is 20.9 Å². The van der Waals surface area contributed by atoms with E-state index in [2.05, 4.69) is 56.5 Å². The van der Waals surface area contributed by atoms with Crippen LogP contribution >= 0.6 is 23.1 Å².